The molecule has 0 spiro atoms. The zero-order valence-electron chi connectivity index (χ0n) is 12.3. The van der Waals surface area contributed by atoms with Crippen molar-refractivity contribution >= 4 is 17.0 Å². The van der Waals surface area contributed by atoms with Gasteiger partial charge in [-0.05, 0) is 19.3 Å². The van der Waals surface area contributed by atoms with Gasteiger partial charge in [-0.25, -0.2) is 15.0 Å². The van der Waals surface area contributed by atoms with Crippen molar-refractivity contribution in [2.45, 2.75) is 38.1 Å². The molecule has 4 rings (SSSR count). The van der Waals surface area contributed by atoms with Crippen LogP contribution in [0.5, 0.6) is 0 Å². The first-order chi connectivity index (χ1) is 10.8. The number of hydrogen-bond acceptors (Lipinski definition) is 7. The van der Waals surface area contributed by atoms with Crippen molar-refractivity contribution in [3.63, 3.8) is 0 Å². The van der Waals surface area contributed by atoms with Crippen molar-refractivity contribution in [1.29, 1.82) is 0 Å². The van der Waals surface area contributed by atoms with Gasteiger partial charge in [0.2, 0.25) is 11.9 Å². The molecule has 118 valence electrons. The summed E-state index contributed by atoms with van der Waals surface area (Å²) in [4.78, 5) is 21.1. The minimum Gasteiger partial charge on any atom is -0.394 e. The number of rotatable bonds is 4. The molecule has 2 aromatic heterocycles. The summed E-state index contributed by atoms with van der Waals surface area (Å²) in [6, 6.07) is 0. The summed E-state index contributed by atoms with van der Waals surface area (Å²) in [5.74, 6) is 0.866. The monoisotopic (exact) mass is 305 g/mol. The lowest BCUT2D eigenvalue weighted by Crippen LogP contribution is -2.26. The molecule has 0 amide bonds. The number of aliphatic hydroxyl groups excluding tert-OH is 1. The third kappa shape index (κ3) is 2.38. The van der Waals surface area contributed by atoms with Crippen LogP contribution in [0.4, 0.5) is 5.82 Å². The van der Waals surface area contributed by atoms with E-state index in [-0.39, 0.29) is 19.0 Å². The molecule has 0 saturated carbocycles. The lowest BCUT2D eigenvalue weighted by atomic mass is 10.2. The number of fused-ring (bicyclic) bond motifs is 1. The Bertz CT molecular complexity index is 655. The SMILES string of the molecule is OC[C@@H]1CC[C@@H](On2cnc3c(N4CCCC4)ncnc32)O1. The van der Waals surface area contributed by atoms with Gasteiger partial charge >= 0.3 is 0 Å². The van der Waals surface area contributed by atoms with Gasteiger partial charge in [0.25, 0.3) is 0 Å². The van der Waals surface area contributed by atoms with Crippen LogP contribution in [0.15, 0.2) is 12.7 Å². The Labute approximate surface area is 127 Å². The van der Waals surface area contributed by atoms with Crippen LogP contribution < -0.4 is 9.74 Å². The van der Waals surface area contributed by atoms with Crippen molar-refractivity contribution in [2.75, 3.05) is 24.6 Å². The fraction of sp³-hybridized carbons (Fsp3) is 0.643. The van der Waals surface area contributed by atoms with E-state index < -0.39 is 0 Å². The fourth-order valence-corrected chi connectivity index (χ4v) is 3.05. The first-order valence-electron chi connectivity index (χ1n) is 7.71. The highest BCUT2D eigenvalue weighted by Crippen LogP contribution is 2.25. The first kappa shape index (κ1) is 13.7. The maximum Gasteiger partial charge on any atom is 0.225 e. The number of imidazole rings is 1. The van der Waals surface area contributed by atoms with Gasteiger partial charge in [-0.3, -0.25) is 0 Å². The van der Waals surface area contributed by atoms with Gasteiger partial charge in [-0.2, -0.15) is 0 Å². The second kappa shape index (κ2) is 5.69. The molecule has 2 aliphatic rings. The maximum absolute atomic E-state index is 9.11. The molecule has 0 radical (unpaired) electrons. The number of nitrogens with zero attached hydrogens (tertiary/aromatic N) is 5. The van der Waals surface area contributed by atoms with Crippen LogP contribution in [0.25, 0.3) is 11.2 Å². The van der Waals surface area contributed by atoms with Crippen molar-refractivity contribution in [3.8, 4) is 0 Å². The molecule has 4 heterocycles. The second-order valence-corrected chi connectivity index (χ2v) is 5.69. The smallest absolute Gasteiger partial charge is 0.225 e. The van der Waals surface area contributed by atoms with Crippen LogP contribution >= 0.6 is 0 Å². The van der Waals surface area contributed by atoms with Gasteiger partial charge in [0.15, 0.2) is 11.3 Å². The molecule has 8 nitrogen and oxygen atoms in total. The van der Waals surface area contributed by atoms with E-state index in [2.05, 4.69) is 19.9 Å². The largest absolute Gasteiger partial charge is 0.394 e. The van der Waals surface area contributed by atoms with E-state index >= 15 is 0 Å². The van der Waals surface area contributed by atoms with E-state index in [0.29, 0.717) is 5.65 Å². The molecule has 2 aromatic rings. The number of hydrogen-bond donors (Lipinski definition) is 1. The molecule has 0 bridgehead atoms. The number of aromatic nitrogens is 4. The molecular weight excluding hydrogens is 286 g/mol. The topological polar surface area (TPSA) is 85.5 Å². The van der Waals surface area contributed by atoms with Gasteiger partial charge in [0.05, 0.1) is 12.7 Å². The predicted molar refractivity (Wildman–Crippen MR) is 78.3 cm³/mol. The first-order valence-corrected chi connectivity index (χ1v) is 7.71. The van der Waals surface area contributed by atoms with Crippen LogP contribution in [0.1, 0.15) is 25.7 Å². The lowest BCUT2D eigenvalue weighted by molar-refractivity contribution is -0.140. The minimum atomic E-state index is -0.375. The zero-order chi connectivity index (χ0) is 14.9. The average Bonchev–Trinajstić information content (AvgIpc) is 3.28. The fourth-order valence-electron chi connectivity index (χ4n) is 3.05. The Morgan fingerprint density at radius 1 is 1.23 bits per heavy atom. The highest BCUT2D eigenvalue weighted by Gasteiger charge is 2.27. The van der Waals surface area contributed by atoms with E-state index in [1.54, 1.807) is 17.4 Å². The molecule has 2 aliphatic heterocycles. The average molecular weight is 305 g/mol. The second-order valence-electron chi connectivity index (χ2n) is 5.69. The summed E-state index contributed by atoms with van der Waals surface area (Å²) in [5, 5.41) is 9.11. The quantitative estimate of drug-likeness (QED) is 0.872. The Kier molecular flexibility index (Phi) is 3.55. The van der Waals surface area contributed by atoms with Crippen molar-refractivity contribution in [1.82, 2.24) is 19.7 Å². The lowest BCUT2D eigenvalue weighted by Gasteiger charge is -2.16. The van der Waals surface area contributed by atoms with Gasteiger partial charge in [0.1, 0.15) is 12.7 Å². The molecule has 2 fully saturated rings. The van der Waals surface area contributed by atoms with Crippen LogP contribution in [0.3, 0.4) is 0 Å². The van der Waals surface area contributed by atoms with Crippen molar-refractivity contribution in [3.05, 3.63) is 12.7 Å². The van der Waals surface area contributed by atoms with E-state index in [0.717, 1.165) is 37.3 Å². The van der Waals surface area contributed by atoms with Crippen molar-refractivity contribution in [2.24, 2.45) is 0 Å². The predicted octanol–water partition coefficient (Wildman–Crippen LogP) is 0.352. The maximum atomic E-state index is 9.11. The standard InChI is InChI=1S/C14H19N5O3/c20-7-10-3-4-11(21-10)22-19-9-17-12-13(15-8-16-14(12)19)18-5-1-2-6-18/h8-11,20H,1-7H2/t10-,11+/m0/s1. The molecule has 0 aromatic carbocycles. The Morgan fingerprint density at radius 3 is 2.86 bits per heavy atom. The highest BCUT2D eigenvalue weighted by molar-refractivity contribution is 5.83. The Hall–Kier alpha value is -1.93. The molecule has 8 heteroatoms. The molecule has 2 saturated heterocycles. The van der Waals surface area contributed by atoms with Crippen molar-refractivity contribution < 1.29 is 14.7 Å². The van der Waals surface area contributed by atoms with Crippen LogP contribution in [-0.2, 0) is 4.74 Å². The van der Waals surface area contributed by atoms with Gasteiger partial charge in [-0.15, -0.1) is 4.73 Å². The zero-order valence-corrected chi connectivity index (χ0v) is 12.3. The van der Waals surface area contributed by atoms with E-state index in [1.807, 2.05) is 0 Å². The summed E-state index contributed by atoms with van der Waals surface area (Å²) in [6.45, 7) is 2.03. The summed E-state index contributed by atoms with van der Waals surface area (Å²) in [7, 11) is 0. The number of aliphatic hydroxyl groups is 1. The molecule has 0 aliphatic carbocycles. The molecule has 2 atom stereocenters. The number of anilines is 1. The van der Waals surface area contributed by atoms with E-state index in [9.17, 15) is 0 Å². The highest BCUT2D eigenvalue weighted by atomic mass is 16.8. The summed E-state index contributed by atoms with van der Waals surface area (Å²) < 4.78 is 7.13. The van der Waals surface area contributed by atoms with Gasteiger partial charge in [-0.1, -0.05) is 0 Å². The molecule has 22 heavy (non-hydrogen) atoms. The normalized spacial score (nSPS) is 25.2. The summed E-state index contributed by atoms with van der Waals surface area (Å²) in [5.41, 5.74) is 1.40. The Morgan fingerprint density at radius 2 is 2.09 bits per heavy atom. The van der Waals surface area contributed by atoms with Gasteiger partial charge < -0.3 is 19.6 Å². The molecule has 1 N–H and O–H groups in total. The van der Waals surface area contributed by atoms with Crippen LogP contribution in [0.2, 0.25) is 0 Å². The third-order valence-corrected chi connectivity index (χ3v) is 4.19. The third-order valence-electron chi connectivity index (χ3n) is 4.19. The molecular formula is C14H19N5O3. The minimum absolute atomic E-state index is 0.0197. The number of ether oxygens (including phenoxy) is 1. The van der Waals surface area contributed by atoms with E-state index in [4.69, 9.17) is 14.7 Å². The van der Waals surface area contributed by atoms with E-state index in [1.165, 1.54) is 12.8 Å². The van der Waals surface area contributed by atoms with Crippen LogP contribution in [-0.4, -0.2) is 56.9 Å². The Balaban J connectivity index is 1.59. The summed E-state index contributed by atoms with van der Waals surface area (Å²) >= 11 is 0. The summed E-state index contributed by atoms with van der Waals surface area (Å²) in [6.07, 6.45) is 6.53. The molecule has 0 unspecified atom stereocenters. The van der Waals surface area contributed by atoms with Crippen LogP contribution in [0, 0.1) is 0 Å². The van der Waals surface area contributed by atoms with Gasteiger partial charge in [0, 0.05) is 19.5 Å².